The third-order valence-electron chi connectivity index (χ3n) is 3.69. The van der Waals surface area contributed by atoms with E-state index < -0.39 is 0 Å². The van der Waals surface area contributed by atoms with Crippen molar-refractivity contribution >= 4 is 11.8 Å². The van der Waals surface area contributed by atoms with Crippen molar-refractivity contribution in [1.29, 1.82) is 0 Å². The van der Waals surface area contributed by atoms with Crippen molar-refractivity contribution in [2.24, 2.45) is 5.92 Å². The van der Waals surface area contributed by atoms with Gasteiger partial charge in [-0.05, 0) is 18.9 Å². The summed E-state index contributed by atoms with van der Waals surface area (Å²) in [6.45, 7) is 1.16. The van der Waals surface area contributed by atoms with Gasteiger partial charge >= 0.3 is 0 Å². The second-order valence-corrected chi connectivity index (χ2v) is 5.41. The van der Waals surface area contributed by atoms with E-state index >= 15 is 0 Å². The van der Waals surface area contributed by atoms with Gasteiger partial charge in [-0.3, -0.25) is 9.59 Å². The van der Waals surface area contributed by atoms with E-state index in [-0.39, 0.29) is 17.7 Å². The van der Waals surface area contributed by atoms with E-state index in [1.165, 1.54) is 13.3 Å². The lowest BCUT2D eigenvalue weighted by molar-refractivity contribution is -0.134. The molecular weight excluding hydrogens is 270 g/mol. The van der Waals surface area contributed by atoms with Crippen LogP contribution in [0.3, 0.4) is 0 Å². The predicted molar refractivity (Wildman–Crippen MR) is 78.1 cm³/mol. The number of carbonyl (C=O) groups excluding carboxylic acids is 2. The molecule has 1 aromatic heterocycles. The average molecular weight is 291 g/mol. The Labute approximate surface area is 124 Å². The first kappa shape index (κ1) is 15.3. The Balaban J connectivity index is 2.06. The fraction of sp³-hybridized carbons (Fsp3) is 0.533. The first-order valence-electron chi connectivity index (χ1n) is 7.03. The maximum Gasteiger partial charge on any atom is 0.255 e. The summed E-state index contributed by atoms with van der Waals surface area (Å²) in [4.78, 5) is 31.9. The van der Waals surface area contributed by atoms with Gasteiger partial charge in [-0.25, -0.2) is 4.98 Å². The summed E-state index contributed by atoms with van der Waals surface area (Å²) < 4.78 is 4.98. The van der Waals surface area contributed by atoms with Crippen LogP contribution in [0.4, 0.5) is 0 Å². The Morgan fingerprint density at radius 1 is 1.38 bits per heavy atom. The molecule has 0 spiro atoms. The van der Waals surface area contributed by atoms with Gasteiger partial charge < -0.3 is 14.5 Å². The summed E-state index contributed by atoms with van der Waals surface area (Å²) in [5, 5.41) is 0. The van der Waals surface area contributed by atoms with Crippen LogP contribution in [0, 0.1) is 5.92 Å². The summed E-state index contributed by atoms with van der Waals surface area (Å²) >= 11 is 0. The fourth-order valence-electron chi connectivity index (χ4n) is 2.54. The van der Waals surface area contributed by atoms with Crippen LogP contribution in [0.2, 0.25) is 0 Å². The summed E-state index contributed by atoms with van der Waals surface area (Å²) in [7, 11) is 5.03. The number of likely N-dealkylation sites (tertiary alicyclic amines) is 1. The minimum atomic E-state index is -0.107. The van der Waals surface area contributed by atoms with Crippen molar-refractivity contribution < 1.29 is 14.3 Å². The van der Waals surface area contributed by atoms with Crippen LogP contribution in [0.25, 0.3) is 0 Å². The van der Waals surface area contributed by atoms with Gasteiger partial charge in [-0.2, -0.15) is 0 Å². The van der Waals surface area contributed by atoms with E-state index in [0.717, 1.165) is 12.8 Å². The van der Waals surface area contributed by atoms with Gasteiger partial charge in [0.15, 0.2) is 0 Å². The Bertz CT molecular complexity index is 513. The molecule has 1 saturated heterocycles. The van der Waals surface area contributed by atoms with E-state index in [1.54, 1.807) is 36.0 Å². The van der Waals surface area contributed by atoms with Crippen molar-refractivity contribution in [1.82, 2.24) is 14.8 Å². The van der Waals surface area contributed by atoms with Crippen molar-refractivity contribution in [3.8, 4) is 5.88 Å². The van der Waals surface area contributed by atoms with Gasteiger partial charge in [0.25, 0.3) is 5.91 Å². The number of amides is 2. The van der Waals surface area contributed by atoms with Crippen LogP contribution < -0.4 is 4.74 Å². The largest absolute Gasteiger partial charge is 0.481 e. The average Bonchev–Trinajstić information content (AvgIpc) is 2.53. The number of ether oxygens (including phenoxy) is 1. The number of hydrogen-bond donors (Lipinski definition) is 0. The molecule has 6 heteroatoms. The molecule has 0 saturated carbocycles. The number of carbonyl (C=O) groups is 2. The fourth-order valence-corrected chi connectivity index (χ4v) is 2.54. The monoisotopic (exact) mass is 291 g/mol. The minimum Gasteiger partial charge on any atom is -0.481 e. The highest BCUT2D eigenvalue weighted by Crippen LogP contribution is 2.20. The van der Waals surface area contributed by atoms with Gasteiger partial charge in [-0.15, -0.1) is 0 Å². The minimum absolute atomic E-state index is 0.0820. The molecular formula is C15H21N3O3. The van der Waals surface area contributed by atoms with Gasteiger partial charge in [0.2, 0.25) is 11.8 Å². The summed E-state index contributed by atoms with van der Waals surface area (Å²) in [6, 6.07) is 3.37. The third kappa shape index (κ3) is 3.51. The lowest BCUT2D eigenvalue weighted by Gasteiger charge is -2.33. The van der Waals surface area contributed by atoms with Gasteiger partial charge in [-0.1, -0.05) is 0 Å². The Morgan fingerprint density at radius 3 is 2.71 bits per heavy atom. The van der Waals surface area contributed by atoms with Crippen LogP contribution in [0.1, 0.15) is 23.2 Å². The van der Waals surface area contributed by atoms with Crippen molar-refractivity contribution in [2.45, 2.75) is 12.8 Å². The van der Waals surface area contributed by atoms with E-state index in [4.69, 9.17) is 4.74 Å². The normalized spacial score (nSPS) is 18.2. The molecule has 0 radical (unpaired) electrons. The Hall–Kier alpha value is -2.11. The lowest BCUT2D eigenvalue weighted by atomic mass is 9.96. The first-order chi connectivity index (χ1) is 10.0. The zero-order valence-electron chi connectivity index (χ0n) is 12.7. The van der Waals surface area contributed by atoms with Crippen molar-refractivity contribution in [2.75, 3.05) is 34.3 Å². The first-order valence-corrected chi connectivity index (χ1v) is 7.03. The number of aromatic nitrogens is 1. The van der Waals surface area contributed by atoms with Crippen molar-refractivity contribution in [3.05, 3.63) is 23.9 Å². The van der Waals surface area contributed by atoms with Crippen LogP contribution in [-0.2, 0) is 4.79 Å². The van der Waals surface area contributed by atoms with Crippen LogP contribution in [0.15, 0.2) is 18.3 Å². The molecule has 1 fully saturated rings. The van der Waals surface area contributed by atoms with Crippen LogP contribution in [0.5, 0.6) is 5.88 Å². The SMILES string of the molecule is COc1ccc(C(=O)N2CCCC(C(=O)N(C)C)C2)cn1. The molecule has 0 aliphatic carbocycles. The molecule has 1 atom stereocenters. The molecule has 2 amide bonds. The number of nitrogens with zero attached hydrogens (tertiary/aromatic N) is 3. The van der Waals surface area contributed by atoms with E-state index in [9.17, 15) is 9.59 Å². The Kier molecular flexibility index (Phi) is 4.77. The Morgan fingerprint density at radius 2 is 2.14 bits per heavy atom. The molecule has 1 unspecified atom stereocenters. The van der Waals surface area contributed by atoms with Crippen molar-refractivity contribution in [3.63, 3.8) is 0 Å². The molecule has 2 rings (SSSR count). The molecule has 6 nitrogen and oxygen atoms in total. The van der Waals surface area contributed by atoms with E-state index in [2.05, 4.69) is 4.98 Å². The number of rotatable bonds is 3. The third-order valence-corrected chi connectivity index (χ3v) is 3.69. The second-order valence-electron chi connectivity index (χ2n) is 5.41. The molecule has 0 aromatic carbocycles. The molecule has 1 aromatic rings. The van der Waals surface area contributed by atoms with Gasteiger partial charge in [0, 0.05) is 39.4 Å². The van der Waals surface area contributed by atoms with Crippen LogP contribution >= 0.6 is 0 Å². The van der Waals surface area contributed by atoms with E-state index in [0.29, 0.717) is 24.5 Å². The maximum absolute atomic E-state index is 12.5. The molecule has 1 aliphatic heterocycles. The highest BCUT2D eigenvalue weighted by atomic mass is 16.5. The lowest BCUT2D eigenvalue weighted by Crippen LogP contribution is -2.45. The zero-order valence-corrected chi connectivity index (χ0v) is 12.7. The zero-order chi connectivity index (χ0) is 15.4. The smallest absolute Gasteiger partial charge is 0.255 e. The number of pyridine rings is 1. The maximum atomic E-state index is 12.5. The molecule has 0 bridgehead atoms. The number of hydrogen-bond acceptors (Lipinski definition) is 4. The summed E-state index contributed by atoms with van der Waals surface area (Å²) in [6.07, 6.45) is 3.19. The molecule has 2 heterocycles. The highest BCUT2D eigenvalue weighted by Gasteiger charge is 2.29. The summed E-state index contributed by atoms with van der Waals surface area (Å²) in [5.41, 5.74) is 0.522. The number of piperidine rings is 1. The molecule has 114 valence electrons. The summed E-state index contributed by atoms with van der Waals surface area (Å²) in [5.74, 6) is 0.372. The topological polar surface area (TPSA) is 62.7 Å². The highest BCUT2D eigenvalue weighted by molar-refractivity contribution is 5.94. The molecule has 1 aliphatic rings. The van der Waals surface area contributed by atoms with Gasteiger partial charge in [0.05, 0.1) is 18.6 Å². The molecule has 21 heavy (non-hydrogen) atoms. The van der Waals surface area contributed by atoms with E-state index in [1.807, 2.05) is 0 Å². The van der Waals surface area contributed by atoms with Crippen LogP contribution in [-0.4, -0.2) is 60.9 Å². The van der Waals surface area contributed by atoms with Gasteiger partial charge in [0.1, 0.15) is 0 Å². The quantitative estimate of drug-likeness (QED) is 0.834. The molecule has 0 N–H and O–H groups in total. The number of methoxy groups -OCH3 is 1. The second kappa shape index (κ2) is 6.56. The predicted octanol–water partition coefficient (Wildman–Crippen LogP) is 1.03. The standard InChI is InChI=1S/C15H21N3O3/c1-17(2)14(19)12-5-4-8-18(10-12)15(20)11-6-7-13(21-3)16-9-11/h6-7,9,12H,4-5,8,10H2,1-3H3.